The summed E-state index contributed by atoms with van der Waals surface area (Å²) in [5, 5.41) is 54.2. The highest BCUT2D eigenvalue weighted by Crippen LogP contribution is 2.23. The zero-order chi connectivity index (χ0) is 43.0. The van der Waals surface area contributed by atoms with Gasteiger partial charge < -0.3 is 40.3 Å². The van der Waals surface area contributed by atoms with Crippen LogP contribution in [0.3, 0.4) is 0 Å². The van der Waals surface area contributed by atoms with Crippen molar-refractivity contribution in [2.24, 2.45) is 0 Å². The Morgan fingerprint density at radius 3 is 1.46 bits per heavy atom. The van der Waals surface area contributed by atoms with Crippen LogP contribution in [0.5, 0.6) is 0 Å². The molecule has 59 heavy (non-hydrogen) atoms. The number of aliphatic hydroxyl groups is 5. The molecule has 1 rings (SSSR count). The molecule has 0 radical (unpaired) electrons. The average molecular weight is 836 g/mol. The Balaban J connectivity index is 2.30. The van der Waals surface area contributed by atoms with Gasteiger partial charge in [0.25, 0.3) is 0 Å². The molecule has 9 heteroatoms. The molecule has 7 atom stereocenters. The van der Waals surface area contributed by atoms with E-state index in [1.54, 1.807) is 6.08 Å². The summed E-state index contributed by atoms with van der Waals surface area (Å²) in [5.74, 6) is -0.197. The molecule has 1 aliphatic heterocycles. The third-order valence-corrected chi connectivity index (χ3v) is 11.7. The smallest absolute Gasteiger partial charge is 0.220 e. The number of carbonyl (C=O) groups excluding carboxylic acids is 1. The lowest BCUT2D eigenvalue weighted by atomic mass is 9.99. The molecule has 0 aliphatic carbocycles. The van der Waals surface area contributed by atoms with Crippen LogP contribution in [-0.2, 0) is 14.3 Å². The van der Waals surface area contributed by atoms with Crippen LogP contribution >= 0.6 is 0 Å². The largest absolute Gasteiger partial charge is 0.394 e. The molecule has 0 aromatic heterocycles. The zero-order valence-electron chi connectivity index (χ0n) is 38.0. The predicted octanol–water partition coefficient (Wildman–Crippen LogP) is 10.8. The molecule has 1 aliphatic rings. The number of rotatable bonds is 41. The van der Waals surface area contributed by atoms with Crippen LogP contribution in [0.25, 0.3) is 0 Å². The second-order valence-corrected chi connectivity index (χ2v) is 17.2. The molecular weight excluding hydrogens is 743 g/mol. The molecule has 346 valence electrons. The molecule has 0 saturated carbocycles. The number of allylic oxidation sites excluding steroid dienone is 5. The van der Waals surface area contributed by atoms with E-state index in [1.165, 1.54) is 141 Å². The Kier molecular flexibility index (Phi) is 38.0. The summed E-state index contributed by atoms with van der Waals surface area (Å²) in [6.07, 6.45) is 43.5. The van der Waals surface area contributed by atoms with Crippen LogP contribution in [0.15, 0.2) is 36.5 Å². The Labute approximate surface area is 361 Å². The van der Waals surface area contributed by atoms with E-state index in [9.17, 15) is 30.3 Å². The highest BCUT2D eigenvalue weighted by Gasteiger charge is 2.44. The van der Waals surface area contributed by atoms with Crippen molar-refractivity contribution in [3.05, 3.63) is 36.5 Å². The van der Waals surface area contributed by atoms with Gasteiger partial charge in [0.1, 0.15) is 24.4 Å². The number of carbonyl (C=O) groups is 1. The normalized spacial score (nSPS) is 21.0. The summed E-state index contributed by atoms with van der Waals surface area (Å²) >= 11 is 0. The summed E-state index contributed by atoms with van der Waals surface area (Å²) in [4.78, 5) is 12.9. The number of hydrogen-bond donors (Lipinski definition) is 6. The van der Waals surface area contributed by atoms with Crippen LogP contribution < -0.4 is 5.32 Å². The Morgan fingerprint density at radius 1 is 0.559 bits per heavy atom. The second-order valence-electron chi connectivity index (χ2n) is 17.2. The van der Waals surface area contributed by atoms with E-state index in [4.69, 9.17) is 9.47 Å². The monoisotopic (exact) mass is 836 g/mol. The number of ether oxygens (including phenoxy) is 2. The maximum absolute atomic E-state index is 12.9. The van der Waals surface area contributed by atoms with Gasteiger partial charge in [0.15, 0.2) is 6.29 Å². The molecular formula is C50H93NO8. The van der Waals surface area contributed by atoms with Gasteiger partial charge in [-0.1, -0.05) is 192 Å². The molecule has 7 unspecified atom stereocenters. The first-order valence-electron chi connectivity index (χ1n) is 24.7. The molecule has 9 nitrogen and oxygen atoms in total. The number of unbranched alkanes of at least 4 members (excludes halogenated alkanes) is 27. The van der Waals surface area contributed by atoms with Crippen LogP contribution in [0, 0.1) is 0 Å². The molecule has 0 bridgehead atoms. The minimum Gasteiger partial charge on any atom is -0.394 e. The number of aliphatic hydroxyl groups excluding tert-OH is 5. The zero-order valence-corrected chi connectivity index (χ0v) is 38.0. The third kappa shape index (κ3) is 31.0. The number of hydrogen-bond acceptors (Lipinski definition) is 8. The molecule has 0 spiro atoms. The summed E-state index contributed by atoms with van der Waals surface area (Å²) in [6, 6.07) is -0.824. The molecule has 0 aromatic carbocycles. The lowest BCUT2D eigenvalue weighted by molar-refractivity contribution is -0.302. The van der Waals surface area contributed by atoms with E-state index in [1.807, 2.05) is 6.08 Å². The van der Waals surface area contributed by atoms with Crippen molar-refractivity contribution in [3.8, 4) is 0 Å². The van der Waals surface area contributed by atoms with Crippen molar-refractivity contribution in [2.75, 3.05) is 13.2 Å². The topological polar surface area (TPSA) is 149 Å². The van der Waals surface area contributed by atoms with Crippen LogP contribution in [0.1, 0.15) is 219 Å². The van der Waals surface area contributed by atoms with Crippen molar-refractivity contribution in [1.29, 1.82) is 0 Å². The van der Waals surface area contributed by atoms with E-state index in [2.05, 4.69) is 43.5 Å². The SMILES string of the molecule is CCCCC/C=C\CCCCCCCC(=O)NC(COC1OC(CO)C(O)C(O)C1O)C(O)/C=C/CC/C=C/CCCCCCCCCCCCCCCCCCCC. The van der Waals surface area contributed by atoms with Gasteiger partial charge in [0.05, 0.1) is 25.4 Å². The van der Waals surface area contributed by atoms with Gasteiger partial charge in [-0.3, -0.25) is 4.79 Å². The summed E-state index contributed by atoms with van der Waals surface area (Å²) in [7, 11) is 0. The highest BCUT2D eigenvalue weighted by atomic mass is 16.7. The second kappa shape index (κ2) is 40.5. The Hall–Kier alpha value is -1.59. The lowest BCUT2D eigenvalue weighted by Gasteiger charge is -2.40. The van der Waals surface area contributed by atoms with E-state index >= 15 is 0 Å². The van der Waals surface area contributed by atoms with Gasteiger partial charge in [0.2, 0.25) is 5.91 Å². The molecule has 1 fully saturated rings. The van der Waals surface area contributed by atoms with Gasteiger partial charge >= 0.3 is 0 Å². The van der Waals surface area contributed by atoms with Gasteiger partial charge in [-0.2, -0.15) is 0 Å². The molecule has 1 saturated heterocycles. The number of amides is 1. The maximum Gasteiger partial charge on any atom is 0.220 e. The summed E-state index contributed by atoms with van der Waals surface area (Å²) in [6.45, 7) is 3.73. The Morgan fingerprint density at radius 2 is 0.966 bits per heavy atom. The van der Waals surface area contributed by atoms with Crippen LogP contribution in [-0.4, -0.2) is 87.5 Å². The average Bonchev–Trinajstić information content (AvgIpc) is 3.23. The van der Waals surface area contributed by atoms with Gasteiger partial charge in [-0.15, -0.1) is 0 Å². The van der Waals surface area contributed by atoms with Gasteiger partial charge in [-0.05, 0) is 57.8 Å². The first-order chi connectivity index (χ1) is 28.8. The van der Waals surface area contributed by atoms with Crippen molar-refractivity contribution in [2.45, 2.75) is 262 Å². The van der Waals surface area contributed by atoms with Gasteiger partial charge in [-0.25, -0.2) is 0 Å². The van der Waals surface area contributed by atoms with Crippen molar-refractivity contribution >= 4 is 5.91 Å². The van der Waals surface area contributed by atoms with Crippen LogP contribution in [0.2, 0.25) is 0 Å². The standard InChI is InChI=1S/C50H93NO8/c1-3-5-7-9-11-13-15-17-18-19-20-21-22-23-24-25-26-27-28-29-31-33-35-37-39-44(53)43(42-58-50-49(57)48(56)47(55)45(41-52)59-50)51-46(54)40-38-36-34-32-30-16-14-12-10-8-6-4-2/h12,14,29,31,37,39,43-45,47-50,52-53,55-57H,3-11,13,15-28,30,32-36,38,40-42H2,1-2H3,(H,51,54)/b14-12-,31-29+,39-37+. The van der Waals surface area contributed by atoms with E-state index in [-0.39, 0.29) is 12.5 Å². The summed E-state index contributed by atoms with van der Waals surface area (Å²) < 4.78 is 11.2. The highest BCUT2D eigenvalue weighted by molar-refractivity contribution is 5.76. The third-order valence-electron chi connectivity index (χ3n) is 11.7. The molecule has 1 amide bonds. The van der Waals surface area contributed by atoms with Crippen LogP contribution in [0.4, 0.5) is 0 Å². The van der Waals surface area contributed by atoms with Crippen molar-refractivity contribution in [1.82, 2.24) is 5.32 Å². The molecule has 1 heterocycles. The first-order valence-corrected chi connectivity index (χ1v) is 24.7. The minimum atomic E-state index is -1.57. The van der Waals surface area contributed by atoms with Gasteiger partial charge in [0, 0.05) is 6.42 Å². The van der Waals surface area contributed by atoms with E-state index < -0.39 is 49.5 Å². The fourth-order valence-corrected chi connectivity index (χ4v) is 7.70. The fourth-order valence-electron chi connectivity index (χ4n) is 7.70. The molecule has 0 aromatic rings. The molecule has 6 N–H and O–H groups in total. The van der Waals surface area contributed by atoms with E-state index in [0.29, 0.717) is 6.42 Å². The quantitative estimate of drug-likeness (QED) is 0.0263. The van der Waals surface area contributed by atoms with Crippen molar-refractivity contribution < 1.29 is 39.8 Å². The fraction of sp³-hybridized carbons (Fsp3) is 0.860. The summed E-state index contributed by atoms with van der Waals surface area (Å²) in [5.41, 5.74) is 0. The van der Waals surface area contributed by atoms with E-state index in [0.717, 1.165) is 57.8 Å². The maximum atomic E-state index is 12.9. The Bertz CT molecular complexity index is 1020. The first kappa shape index (κ1) is 55.4. The minimum absolute atomic E-state index is 0.197. The van der Waals surface area contributed by atoms with Crippen molar-refractivity contribution in [3.63, 3.8) is 0 Å². The lowest BCUT2D eigenvalue weighted by Crippen LogP contribution is -2.60. The predicted molar refractivity (Wildman–Crippen MR) is 244 cm³/mol. The number of nitrogens with one attached hydrogen (secondary N) is 1.